The minimum atomic E-state index is -2.86. The summed E-state index contributed by atoms with van der Waals surface area (Å²) in [6.07, 6.45) is 4.29. The zero-order chi connectivity index (χ0) is 32.9. The maximum absolute atomic E-state index is 13.0. The first kappa shape index (κ1) is 37.1. The number of rotatable bonds is 3. The van der Waals surface area contributed by atoms with Crippen LogP contribution >= 0.6 is 0 Å². The molecule has 0 fully saturated rings. The van der Waals surface area contributed by atoms with Crippen molar-refractivity contribution in [2.75, 3.05) is 0 Å². The van der Waals surface area contributed by atoms with Crippen molar-refractivity contribution < 1.29 is 26.3 Å². The predicted molar refractivity (Wildman–Crippen MR) is 158 cm³/mol. The minimum absolute atomic E-state index is 0.0232. The first-order chi connectivity index (χ1) is 18.6. The summed E-state index contributed by atoms with van der Waals surface area (Å²) in [5.74, 6) is -8.53. The highest BCUT2D eigenvalue weighted by Crippen LogP contribution is 2.31. The lowest BCUT2D eigenvalue weighted by atomic mass is 9.87. The third kappa shape index (κ3) is 12.1. The summed E-state index contributed by atoms with van der Waals surface area (Å²) in [7, 11) is 0. The molecular weight excluding hydrogens is 552 g/mol. The number of pyridine rings is 3. The van der Waals surface area contributed by atoms with Crippen LogP contribution in [-0.2, 0) is 34.0 Å². The molecule has 0 unspecified atom stereocenters. The number of halogens is 6. The summed E-state index contributed by atoms with van der Waals surface area (Å²) < 4.78 is 77.8. The van der Waals surface area contributed by atoms with E-state index in [2.05, 4.69) is 15.0 Å². The monoisotopic (exact) mass is 597 g/mol. The normalized spacial score (nSPS) is 13.0. The molecule has 0 aromatic carbocycles. The molecule has 0 saturated carbocycles. The van der Waals surface area contributed by atoms with Crippen molar-refractivity contribution in [3.05, 3.63) is 88.8 Å². The lowest BCUT2D eigenvalue weighted by Crippen LogP contribution is -2.17. The molecule has 0 spiro atoms. The summed E-state index contributed by atoms with van der Waals surface area (Å²) in [5, 5.41) is 0. The van der Waals surface area contributed by atoms with Crippen LogP contribution in [0.15, 0.2) is 55.0 Å². The van der Waals surface area contributed by atoms with Crippen molar-refractivity contribution in [1.29, 1.82) is 0 Å². The lowest BCUT2D eigenvalue weighted by molar-refractivity contribution is 0.0118. The van der Waals surface area contributed by atoms with Gasteiger partial charge in [0.1, 0.15) is 11.4 Å². The van der Waals surface area contributed by atoms with Crippen molar-refractivity contribution >= 4 is 0 Å². The summed E-state index contributed by atoms with van der Waals surface area (Å²) in [6, 6.07) is 9.52. The summed E-state index contributed by atoms with van der Waals surface area (Å²) in [4.78, 5) is 11.5. The number of alkyl halides is 6. The molecule has 0 saturated heterocycles. The van der Waals surface area contributed by atoms with Gasteiger partial charge in [-0.1, -0.05) is 68.4 Å². The Hall–Kier alpha value is -2.97. The van der Waals surface area contributed by atoms with Gasteiger partial charge in [0.2, 0.25) is 0 Å². The highest BCUT2D eigenvalue weighted by atomic mass is 19.3. The third-order valence-corrected chi connectivity index (χ3v) is 6.15. The van der Waals surface area contributed by atoms with Crippen molar-refractivity contribution in [3.63, 3.8) is 0 Å². The molecule has 0 aliphatic carbocycles. The molecule has 0 aliphatic rings. The van der Waals surface area contributed by atoms with Crippen LogP contribution in [-0.4, -0.2) is 15.0 Å². The average Bonchev–Trinajstić information content (AvgIpc) is 2.82. The van der Waals surface area contributed by atoms with Gasteiger partial charge in [0.05, 0.1) is 0 Å². The number of hydrogen-bond donors (Lipinski definition) is 0. The fourth-order valence-electron chi connectivity index (χ4n) is 3.32. The predicted octanol–water partition coefficient (Wildman–Crippen LogP) is 10.5. The van der Waals surface area contributed by atoms with Gasteiger partial charge in [-0.3, -0.25) is 15.0 Å². The maximum Gasteiger partial charge on any atom is 0.286 e. The molecule has 0 aliphatic heterocycles. The van der Waals surface area contributed by atoms with E-state index in [0.29, 0.717) is 5.69 Å². The van der Waals surface area contributed by atoms with E-state index in [1.807, 2.05) is 62.3 Å². The van der Waals surface area contributed by atoms with Crippen LogP contribution in [0.3, 0.4) is 0 Å². The molecule has 0 amide bonds. The number of nitrogens with zero attached hydrogens (tertiary/aromatic N) is 3. The SMILES string of the molecule is CC(C)(C)c1cccc(C(C)(F)F)n1.CC(C)(C)c1ccnc(C(C)(F)F)c1.CC(C)(C)c1cncc(C(C)(F)F)c1. The van der Waals surface area contributed by atoms with Crippen LogP contribution in [0.1, 0.15) is 117 Å². The van der Waals surface area contributed by atoms with Gasteiger partial charge >= 0.3 is 0 Å². The Balaban J connectivity index is 0.000000315. The van der Waals surface area contributed by atoms with E-state index < -0.39 is 17.8 Å². The Morgan fingerprint density at radius 2 is 0.952 bits per heavy atom. The van der Waals surface area contributed by atoms with Crippen LogP contribution in [0.2, 0.25) is 0 Å². The second kappa shape index (κ2) is 13.1. The van der Waals surface area contributed by atoms with Gasteiger partial charge in [0.15, 0.2) is 0 Å². The van der Waals surface area contributed by atoms with E-state index in [1.165, 1.54) is 30.6 Å². The zero-order valence-corrected chi connectivity index (χ0v) is 26.8. The molecule has 3 aromatic rings. The van der Waals surface area contributed by atoms with Gasteiger partial charge in [-0.2, -0.15) is 17.6 Å². The summed E-state index contributed by atoms with van der Waals surface area (Å²) in [6.45, 7) is 20.3. The Morgan fingerprint density at radius 1 is 0.476 bits per heavy atom. The summed E-state index contributed by atoms with van der Waals surface area (Å²) >= 11 is 0. The molecular formula is C33H45F6N3. The maximum atomic E-state index is 13.0. The number of hydrogen-bond acceptors (Lipinski definition) is 3. The van der Waals surface area contributed by atoms with Gasteiger partial charge in [-0.25, -0.2) is 8.78 Å². The Kier molecular flexibility index (Phi) is 11.6. The molecule has 0 radical (unpaired) electrons. The highest BCUT2D eigenvalue weighted by Gasteiger charge is 2.29. The quantitative estimate of drug-likeness (QED) is 0.282. The minimum Gasteiger partial charge on any atom is -0.264 e. The van der Waals surface area contributed by atoms with Crippen molar-refractivity contribution in [2.24, 2.45) is 0 Å². The lowest BCUT2D eigenvalue weighted by Gasteiger charge is -2.20. The molecule has 0 N–H and O–H groups in total. The first-order valence-electron chi connectivity index (χ1n) is 13.7. The van der Waals surface area contributed by atoms with Gasteiger partial charge in [-0.15, -0.1) is 0 Å². The molecule has 0 atom stereocenters. The Labute approximate surface area is 247 Å². The Morgan fingerprint density at radius 3 is 1.38 bits per heavy atom. The average molecular weight is 598 g/mol. The second-order valence-corrected chi connectivity index (χ2v) is 13.7. The molecule has 0 bridgehead atoms. The summed E-state index contributed by atoms with van der Waals surface area (Å²) in [5.41, 5.74) is 1.59. The van der Waals surface area contributed by atoms with Crippen LogP contribution < -0.4 is 0 Å². The largest absolute Gasteiger partial charge is 0.286 e. The molecule has 234 valence electrons. The smallest absolute Gasteiger partial charge is 0.264 e. The van der Waals surface area contributed by atoms with E-state index in [4.69, 9.17) is 0 Å². The highest BCUT2D eigenvalue weighted by molar-refractivity contribution is 5.27. The van der Waals surface area contributed by atoms with E-state index in [9.17, 15) is 26.3 Å². The van der Waals surface area contributed by atoms with E-state index in [-0.39, 0.29) is 33.2 Å². The van der Waals surface area contributed by atoms with Crippen LogP contribution in [0, 0.1) is 0 Å². The molecule has 3 rings (SSSR count). The first-order valence-corrected chi connectivity index (χ1v) is 13.7. The second-order valence-electron chi connectivity index (χ2n) is 13.7. The van der Waals surface area contributed by atoms with Crippen LogP contribution in [0.25, 0.3) is 0 Å². The van der Waals surface area contributed by atoms with E-state index in [1.54, 1.807) is 24.4 Å². The fraction of sp³-hybridized carbons (Fsp3) is 0.545. The molecule has 3 heterocycles. The molecule has 9 heteroatoms. The topological polar surface area (TPSA) is 38.7 Å². The standard InChI is InChI=1S/3C11H15F2N/c1-10(2,3)8-5-9(7-14-6-8)11(4,12)13;1-10(2,3)8-5-6-14-9(7-8)11(4,12)13;1-10(2,3)8-6-5-7-9(14-8)11(4,12)13/h3*5-7H,1-4H3. The van der Waals surface area contributed by atoms with Gasteiger partial charge in [0.25, 0.3) is 17.8 Å². The fourth-order valence-corrected chi connectivity index (χ4v) is 3.32. The molecule has 3 nitrogen and oxygen atoms in total. The molecule has 3 aromatic heterocycles. The van der Waals surface area contributed by atoms with E-state index >= 15 is 0 Å². The number of aromatic nitrogens is 3. The van der Waals surface area contributed by atoms with Crippen molar-refractivity contribution in [1.82, 2.24) is 15.0 Å². The van der Waals surface area contributed by atoms with Crippen molar-refractivity contribution in [3.8, 4) is 0 Å². The zero-order valence-electron chi connectivity index (χ0n) is 26.8. The van der Waals surface area contributed by atoms with Gasteiger partial charge in [0, 0.05) is 56.0 Å². The third-order valence-electron chi connectivity index (χ3n) is 6.15. The molecule has 42 heavy (non-hydrogen) atoms. The van der Waals surface area contributed by atoms with Crippen LogP contribution in [0.4, 0.5) is 26.3 Å². The van der Waals surface area contributed by atoms with Crippen molar-refractivity contribution in [2.45, 2.75) is 117 Å². The van der Waals surface area contributed by atoms with E-state index in [0.717, 1.165) is 31.9 Å². The Bertz CT molecular complexity index is 1040. The van der Waals surface area contributed by atoms with Crippen LogP contribution in [0.5, 0.6) is 0 Å². The van der Waals surface area contributed by atoms with Gasteiger partial charge < -0.3 is 0 Å². The van der Waals surface area contributed by atoms with Gasteiger partial charge in [-0.05, 0) is 52.3 Å².